The molecule has 0 radical (unpaired) electrons. The van der Waals surface area contributed by atoms with Crippen molar-refractivity contribution in [1.82, 2.24) is 9.55 Å². The van der Waals surface area contributed by atoms with Crippen LogP contribution in [0.1, 0.15) is 30.0 Å². The number of aryl methyl sites for hydroxylation is 1. The number of H-pyrrole nitrogens is 1. The second-order valence-corrected chi connectivity index (χ2v) is 6.57. The van der Waals surface area contributed by atoms with E-state index in [1.807, 2.05) is 0 Å². The lowest BCUT2D eigenvalue weighted by molar-refractivity contribution is 0.675. The molecule has 116 valence electrons. The summed E-state index contributed by atoms with van der Waals surface area (Å²) in [5.74, 6) is 0.678. The van der Waals surface area contributed by atoms with Crippen LogP contribution in [0, 0.1) is 6.92 Å². The lowest BCUT2D eigenvalue weighted by atomic mass is 10.0. The van der Waals surface area contributed by atoms with Crippen LogP contribution in [0.2, 0.25) is 0 Å². The minimum atomic E-state index is -0.375. The third-order valence-electron chi connectivity index (χ3n) is 4.25. The molecule has 2 heterocycles. The summed E-state index contributed by atoms with van der Waals surface area (Å²) in [5, 5.41) is 0. The normalized spacial score (nSPS) is 18.0. The van der Waals surface area contributed by atoms with E-state index in [2.05, 4.69) is 50.9 Å². The van der Waals surface area contributed by atoms with Gasteiger partial charge in [-0.25, -0.2) is 4.79 Å². The summed E-state index contributed by atoms with van der Waals surface area (Å²) in [4.78, 5) is 27.9. The van der Waals surface area contributed by atoms with Gasteiger partial charge in [-0.3, -0.25) is 14.3 Å². The molecule has 0 saturated carbocycles. The lowest BCUT2D eigenvalue weighted by Gasteiger charge is -2.28. The molecule has 0 bridgehead atoms. The van der Waals surface area contributed by atoms with Crippen LogP contribution < -0.4 is 16.1 Å². The van der Waals surface area contributed by atoms with Crippen LogP contribution in [0.25, 0.3) is 0 Å². The Hall–Kier alpha value is -1.82. The number of hydrogen-bond donors (Lipinski definition) is 1. The maximum atomic E-state index is 11.8. The molecule has 1 aromatic heterocycles. The second kappa shape index (κ2) is 5.76. The van der Waals surface area contributed by atoms with E-state index < -0.39 is 0 Å². The molecule has 22 heavy (non-hydrogen) atoms. The van der Waals surface area contributed by atoms with Gasteiger partial charge in [0, 0.05) is 24.1 Å². The second-order valence-electron chi connectivity index (χ2n) is 5.72. The Labute approximate surface area is 136 Å². The average molecular weight is 364 g/mol. The number of halogens is 1. The van der Waals surface area contributed by atoms with Crippen LogP contribution in [0.15, 0.2) is 38.3 Å². The largest absolute Gasteiger partial charge is 0.351 e. The van der Waals surface area contributed by atoms with E-state index in [1.54, 1.807) is 7.05 Å². The molecule has 1 saturated heterocycles. The summed E-state index contributed by atoms with van der Waals surface area (Å²) in [5.41, 5.74) is 1.67. The van der Waals surface area contributed by atoms with Gasteiger partial charge in [-0.15, -0.1) is 0 Å². The third kappa shape index (κ3) is 2.63. The fourth-order valence-corrected chi connectivity index (χ4v) is 3.33. The molecule has 1 atom stereocenters. The maximum absolute atomic E-state index is 11.8. The molecular formula is C16H18BrN3O2. The number of rotatable bonds is 2. The van der Waals surface area contributed by atoms with Crippen molar-refractivity contribution in [3.8, 4) is 0 Å². The van der Waals surface area contributed by atoms with Crippen LogP contribution in [0.4, 0.5) is 5.82 Å². The Kier molecular flexibility index (Phi) is 3.95. The number of hydrogen-bond acceptors (Lipinski definition) is 3. The highest BCUT2D eigenvalue weighted by atomic mass is 79.9. The molecule has 1 aliphatic heterocycles. The first-order chi connectivity index (χ1) is 10.5. The van der Waals surface area contributed by atoms with E-state index in [1.165, 1.54) is 21.8 Å². The van der Waals surface area contributed by atoms with Crippen molar-refractivity contribution < 1.29 is 0 Å². The molecule has 1 aromatic carbocycles. The molecule has 5 nitrogen and oxygen atoms in total. The number of nitrogens with zero attached hydrogens (tertiary/aromatic N) is 2. The summed E-state index contributed by atoms with van der Waals surface area (Å²) in [7, 11) is 1.69. The summed E-state index contributed by atoms with van der Waals surface area (Å²) in [6.45, 7) is 2.91. The van der Waals surface area contributed by atoms with Crippen molar-refractivity contribution in [2.75, 3.05) is 11.4 Å². The Morgan fingerprint density at radius 1 is 1.27 bits per heavy atom. The number of aromatic nitrogens is 2. The fraction of sp³-hybridized carbons (Fsp3) is 0.375. The first-order valence-corrected chi connectivity index (χ1v) is 8.09. The van der Waals surface area contributed by atoms with Crippen molar-refractivity contribution in [1.29, 1.82) is 0 Å². The van der Waals surface area contributed by atoms with Crippen LogP contribution in [-0.2, 0) is 7.05 Å². The highest BCUT2D eigenvalue weighted by Gasteiger charge is 2.28. The lowest BCUT2D eigenvalue weighted by Crippen LogP contribution is -2.35. The minimum Gasteiger partial charge on any atom is -0.351 e. The summed E-state index contributed by atoms with van der Waals surface area (Å²) < 4.78 is 2.59. The SMILES string of the molecule is Cc1cc(C2CCCN2c2cc(=O)[nH]c(=O)n2C)ccc1Br. The highest BCUT2D eigenvalue weighted by Crippen LogP contribution is 2.36. The maximum Gasteiger partial charge on any atom is 0.329 e. The van der Waals surface area contributed by atoms with Gasteiger partial charge in [0.1, 0.15) is 5.82 Å². The third-order valence-corrected chi connectivity index (χ3v) is 5.14. The smallest absolute Gasteiger partial charge is 0.329 e. The Bertz CT molecular complexity index is 825. The summed E-state index contributed by atoms with van der Waals surface area (Å²) >= 11 is 3.52. The zero-order chi connectivity index (χ0) is 15.9. The molecule has 0 amide bonds. The number of benzene rings is 1. The highest BCUT2D eigenvalue weighted by molar-refractivity contribution is 9.10. The van der Waals surface area contributed by atoms with Crippen molar-refractivity contribution in [3.63, 3.8) is 0 Å². The van der Waals surface area contributed by atoms with Crippen molar-refractivity contribution in [2.45, 2.75) is 25.8 Å². The van der Waals surface area contributed by atoms with E-state index in [4.69, 9.17) is 0 Å². The number of aromatic amines is 1. The van der Waals surface area contributed by atoms with Crippen molar-refractivity contribution >= 4 is 21.7 Å². The molecule has 2 aromatic rings. The molecule has 1 aliphatic rings. The van der Waals surface area contributed by atoms with Gasteiger partial charge in [0.15, 0.2) is 0 Å². The van der Waals surface area contributed by atoms with Gasteiger partial charge in [0.2, 0.25) is 0 Å². The molecule has 3 rings (SSSR count). The molecule has 0 spiro atoms. The quantitative estimate of drug-likeness (QED) is 0.891. The van der Waals surface area contributed by atoms with E-state index in [-0.39, 0.29) is 17.3 Å². The van der Waals surface area contributed by atoms with Crippen LogP contribution >= 0.6 is 15.9 Å². The van der Waals surface area contributed by atoms with Gasteiger partial charge in [0.25, 0.3) is 5.56 Å². The average Bonchev–Trinajstić information content (AvgIpc) is 2.95. The molecular weight excluding hydrogens is 346 g/mol. The van der Waals surface area contributed by atoms with Gasteiger partial charge >= 0.3 is 5.69 Å². The minimum absolute atomic E-state index is 0.194. The zero-order valence-electron chi connectivity index (χ0n) is 12.6. The van der Waals surface area contributed by atoms with Gasteiger partial charge in [0.05, 0.1) is 6.04 Å². The summed E-state index contributed by atoms with van der Waals surface area (Å²) in [6.07, 6.45) is 2.06. The Morgan fingerprint density at radius 3 is 2.77 bits per heavy atom. The van der Waals surface area contributed by atoms with E-state index in [0.29, 0.717) is 5.82 Å². The van der Waals surface area contributed by atoms with Crippen molar-refractivity contribution in [3.05, 3.63) is 60.7 Å². The molecule has 1 unspecified atom stereocenters. The fourth-order valence-electron chi connectivity index (χ4n) is 3.08. The van der Waals surface area contributed by atoms with Gasteiger partial charge in [-0.05, 0) is 37.0 Å². The van der Waals surface area contributed by atoms with Crippen LogP contribution in [0.3, 0.4) is 0 Å². The monoisotopic (exact) mass is 363 g/mol. The predicted molar refractivity (Wildman–Crippen MR) is 90.5 cm³/mol. The number of nitrogens with one attached hydrogen (secondary N) is 1. The molecule has 1 fully saturated rings. The van der Waals surface area contributed by atoms with E-state index >= 15 is 0 Å². The zero-order valence-corrected chi connectivity index (χ0v) is 14.2. The molecule has 0 aliphatic carbocycles. The van der Waals surface area contributed by atoms with Crippen molar-refractivity contribution in [2.24, 2.45) is 7.05 Å². The van der Waals surface area contributed by atoms with Gasteiger partial charge in [-0.2, -0.15) is 0 Å². The standard InChI is InChI=1S/C16H18BrN3O2/c1-10-8-11(5-6-12(10)17)13-4-3-7-20(13)15-9-14(21)18-16(22)19(15)2/h5-6,8-9,13H,3-4,7H2,1-2H3,(H,18,21,22). The first-order valence-electron chi connectivity index (χ1n) is 7.30. The Morgan fingerprint density at radius 2 is 2.05 bits per heavy atom. The first kappa shape index (κ1) is 15.1. The summed E-state index contributed by atoms with van der Waals surface area (Å²) in [6, 6.07) is 8.02. The predicted octanol–water partition coefficient (Wildman–Crippen LogP) is 2.49. The van der Waals surface area contributed by atoms with Crippen LogP contribution in [-0.4, -0.2) is 16.1 Å². The van der Waals surface area contributed by atoms with Crippen LogP contribution in [0.5, 0.6) is 0 Å². The molecule has 1 N–H and O–H groups in total. The molecule has 6 heteroatoms. The number of anilines is 1. The topological polar surface area (TPSA) is 58.1 Å². The van der Waals surface area contributed by atoms with E-state index in [0.717, 1.165) is 23.9 Å². The van der Waals surface area contributed by atoms with E-state index in [9.17, 15) is 9.59 Å². The van der Waals surface area contributed by atoms with Gasteiger partial charge in [-0.1, -0.05) is 28.1 Å². The Balaban J connectivity index is 2.05. The van der Waals surface area contributed by atoms with Gasteiger partial charge < -0.3 is 4.90 Å².